The monoisotopic (exact) mass is 1100 g/mol. The van der Waals surface area contributed by atoms with Gasteiger partial charge in [-0.15, -0.1) is 0 Å². The lowest BCUT2D eigenvalue weighted by Gasteiger charge is -2.71. The van der Waals surface area contributed by atoms with Crippen molar-refractivity contribution < 1.29 is 119 Å². The van der Waals surface area contributed by atoms with Crippen LogP contribution in [0.4, 0.5) is 0 Å². The smallest absolute Gasteiger partial charge is 0.335 e. The first-order valence-corrected chi connectivity index (χ1v) is 27.4. The number of hydrogen-bond donors (Lipinski definition) is 14. The van der Waals surface area contributed by atoms with Gasteiger partial charge in [0.05, 0.1) is 43.5 Å². The van der Waals surface area contributed by atoms with Gasteiger partial charge in [-0.3, -0.25) is 4.79 Å². The van der Waals surface area contributed by atoms with Crippen LogP contribution in [0.15, 0.2) is 11.6 Å². The fourth-order valence-corrected chi connectivity index (χ4v) is 16.2. The highest BCUT2D eigenvalue weighted by Crippen LogP contribution is 2.76. The molecular formula is C53H84O24. The molecule has 4 saturated carbocycles. The van der Waals surface area contributed by atoms with Crippen LogP contribution >= 0.6 is 0 Å². The number of fused-ring (bicyclic) bond motifs is 7. The highest BCUT2D eigenvalue weighted by molar-refractivity contribution is 5.79. The number of carbonyl (C=O) groups excluding carboxylic acids is 1. The van der Waals surface area contributed by atoms with Crippen molar-refractivity contribution in [1.82, 2.24) is 0 Å². The van der Waals surface area contributed by atoms with E-state index >= 15 is 0 Å². The van der Waals surface area contributed by atoms with Crippen LogP contribution in [0, 0.1) is 50.2 Å². The Bertz CT molecular complexity index is 2180. The second-order valence-corrected chi connectivity index (χ2v) is 25.7. The molecule has 14 N–H and O–H groups in total. The Labute approximate surface area is 446 Å². The van der Waals surface area contributed by atoms with Gasteiger partial charge in [0.2, 0.25) is 6.29 Å². The van der Waals surface area contributed by atoms with Gasteiger partial charge in [-0.1, -0.05) is 53.2 Å². The molecule has 4 saturated heterocycles. The van der Waals surface area contributed by atoms with Crippen LogP contribution in [-0.4, -0.2) is 232 Å². The number of hydrogen-bond acceptors (Lipinski definition) is 23. The van der Waals surface area contributed by atoms with Crippen LogP contribution in [0.5, 0.6) is 0 Å². The van der Waals surface area contributed by atoms with Gasteiger partial charge in [-0.05, 0) is 104 Å². The molecule has 0 aromatic carbocycles. The molecule has 77 heavy (non-hydrogen) atoms. The minimum atomic E-state index is -2.09. The minimum absolute atomic E-state index is 0.0213. The van der Waals surface area contributed by atoms with Crippen LogP contribution < -0.4 is 0 Å². The minimum Gasteiger partial charge on any atom is -0.479 e. The van der Waals surface area contributed by atoms with E-state index in [1.165, 1.54) is 6.92 Å². The molecule has 0 bridgehead atoms. The quantitative estimate of drug-likeness (QED) is 0.0586. The molecule has 440 valence electrons. The molecule has 9 rings (SSSR count). The van der Waals surface area contributed by atoms with Gasteiger partial charge >= 0.3 is 11.9 Å². The summed E-state index contributed by atoms with van der Waals surface area (Å²) in [5.74, 6) is -2.75. The molecule has 0 unspecified atom stereocenters. The summed E-state index contributed by atoms with van der Waals surface area (Å²) in [5.41, 5.74) is -3.08. The SMILES string of the molecule is C[C@@H]1O[C@@H](OC(=O)[C@@]23CC[C@]4(C)C(=CC[C@@H]5[C@@]6(C)CC[C@H](O[C@@H]7O[C@H](C(=O)O)[C@@H](O)[C@H](O)[C@H]7O[C@@H]7O[C@H](CO)[C@@H](O)[C@H](O)[C@H]7O[C@@H]7OC[C@@H](O)[C@H](O)[C@H]7O)C(C)(C)[C@@H]6CC[C@]54C)[C@@H]2C[C@@](C)(CO)[C@@H](O)C3)[C@H](O)[C@H](O)[C@H]1O. The van der Waals surface area contributed by atoms with E-state index < -0.39 is 182 Å². The zero-order chi connectivity index (χ0) is 56.4. The fraction of sp³-hybridized carbons (Fsp3) is 0.925. The predicted molar refractivity (Wildman–Crippen MR) is 259 cm³/mol. The van der Waals surface area contributed by atoms with E-state index in [9.17, 15) is 81.1 Å². The first-order chi connectivity index (χ1) is 36.0. The lowest BCUT2D eigenvalue weighted by molar-refractivity contribution is -0.392. The largest absolute Gasteiger partial charge is 0.479 e. The predicted octanol–water partition coefficient (Wildman–Crippen LogP) is -2.33. The average Bonchev–Trinajstić information content (AvgIpc) is 3.38. The number of rotatable bonds is 11. The molecular weight excluding hydrogens is 1020 g/mol. The molecule has 24 heteroatoms. The number of aliphatic hydroxyl groups excluding tert-OH is 13. The lowest BCUT2D eigenvalue weighted by atomic mass is 9.33. The van der Waals surface area contributed by atoms with Crippen LogP contribution in [-0.2, 0) is 47.5 Å². The van der Waals surface area contributed by atoms with Crippen molar-refractivity contribution in [1.29, 1.82) is 0 Å². The highest BCUT2D eigenvalue weighted by atomic mass is 16.8. The Kier molecular flexibility index (Phi) is 16.4. The maximum Gasteiger partial charge on any atom is 0.335 e. The first-order valence-electron chi connectivity index (χ1n) is 27.4. The molecule has 4 aliphatic heterocycles. The molecule has 29 atom stereocenters. The second kappa shape index (κ2) is 21.3. The molecule has 0 aromatic rings. The van der Waals surface area contributed by atoms with E-state index in [-0.39, 0.29) is 42.1 Å². The topological polar surface area (TPSA) is 391 Å². The lowest BCUT2D eigenvalue weighted by Crippen LogP contribution is -2.68. The van der Waals surface area contributed by atoms with Gasteiger partial charge < -0.3 is 109 Å². The van der Waals surface area contributed by atoms with Crippen molar-refractivity contribution >= 4 is 11.9 Å². The maximum absolute atomic E-state index is 14.8. The van der Waals surface area contributed by atoms with E-state index in [0.717, 1.165) is 12.0 Å². The molecule has 0 spiro atoms. The third-order valence-corrected chi connectivity index (χ3v) is 21.4. The van der Waals surface area contributed by atoms with Gasteiger partial charge in [0, 0.05) is 5.41 Å². The summed E-state index contributed by atoms with van der Waals surface area (Å²) < 4.78 is 47.7. The Morgan fingerprint density at radius 1 is 0.649 bits per heavy atom. The number of aliphatic carboxylic acids is 1. The van der Waals surface area contributed by atoms with Crippen molar-refractivity contribution in [3.05, 3.63) is 11.6 Å². The fourth-order valence-electron chi connectivity index (χ4n) is 16.2. The molecule has 5 aliphatic carbocycles. The van der Waals surface area contributed by atoms with E-state index in [4.69, 9.17) is 37.9 Å². The van der Waals surface area contributed by atoms with Crippen molar-refractivity contribution in [3.63, 3.8) is 0 Å². The summed E-state index contributed by atoms with van der Waals surface area (Å²) in [6, 6.07) is 0. The number of carbonyl (C=O) groups is 2. The first kappa shape index (κ1) is 59.5. The number of carboxylic acid groups (broad SMARTS) is 1. The van der Waals surface area contributed by atoms with Crippen LogP contribution in [0.2, 0.25) is 0 Å². The summed E-state index contributed by atoms with van der Waals surface area (Å²) in [4.78, 5) is 27.3. The van der Waals surface area contributed by atoms with Gasteiger partial charge in [-0.25, -0.2) is 4.79 Å². The van der Waals surface area contributed by atoms with Crippen LogP contribution in [0.1, 0.15) is 106 Å². The third-order valence-electron chi connectivity index (χ3n) is 21.4. The zero-order valence-corrected chi connectivity index (χ0v) is 44.8. The van der Waals surface area contributed by atoms with E-state index in [0.29, 0.717) is 38.5 Å². The van der Waals surface area contributed by atoms with Crippen LogP contribution in [0.25, 0.3) is 0 Å². The highest BCUT2D eigenvalue weighted by Gasteiger charge is 2.71. The van der Waals surface area contributed by atoms with Crippen molar-refractivity contribution in [2.24, 2.45) is 50.2 Å². The maximum atomic E-state index is 14.8. The van der Waals surface area contributed by atoms with Crippen molar-refractivity contribution in [3.8, 4) is 0 Å². The number of ether oxygens (including phenoxy) is 8. The van der Waals surface area contributed by atoms with E-state index in [2.05, 4.69) is 40.7 Å². The summed E-state index contributed by atoms with van der Waals surface area (Å²) in [7, 11) is 0. The Hall–Kier alpha value is -2.12. The summed E-state index contributed by atoms with van der Waals surface area (Å²) in [6.45, 7) is 12.6. The zero-order valence-electron chi connectivity index (χ0n) is 44.8. The second-order valence-electron chi connectivity index (χ2n) is 25.7. The number of aliphatic hydroxyl groups is 13. The summed E-state index contributed by atoms with van der Waals surface area (Å²) in [6.07, 6.45) is -28.0. The van der Waals surface area contributed by atoms with Crippen molar-refractivity contribution in [2.75, 3.05) is 19.8 Å². The Balaban J connectivity index is 0.983. The summed E-state index contributed by atoms with van der Waals surface area (Å²) in [5, 5.41) is 151. The molecule has 0 amide bonds. The Morgan fingerprint density at radius 3 is 1.94 bits per heavy atom. The molecule has 24 nitrogen and oxygen atoms in total. The average molecular weight is 1110 g/mol. The molecule has 9 aliphatic rings. The molecule has 0 radical (unpaired) electrons. The number of allylic oxidation sites excluding steroid dienone is 2. The molecule has 8 fully saturated rings. The third kappa shape index (κ3) is 9.46. The standard InChI is InChI=1S/C53H84O24/c1-21-30(58)33(61)38(66)44(71-21)77-47(69)53-15-14-51(6)22(23(53)16-49(4,20-55)28(57)17-53)8-9-27-50(5)12-11-29(48(2,3)26(50)10-13-52(27,51)7)73-46-41(36(64)35(63)39(74-46)42(67)68)76-45-40(34(62)32(60)25(18-54)72-45)75-43-37(65)31(59)24(56)19-70-43/h8,21,23-41,43-46,54-66H,9-20H2,1-7H3,(H,67,68)/t21-,23-,24+,25+,26-,27+,28-,29-,30-,31-,32+,33+,34-,35-,36-,37+,38+,39-,40+,41+,43-,44-,45-,46+,49-,50-,51+,52+,53+/m0/s1. The molecule has 4 heterocycles. The molecule has 0 aromatic heterocycles. The van der Waals surface area contributed by atoms with Gasteiger partial charge in [0.25, 0.3) is 0 Å². The van der Waals surface area contributed by atoms with Crippen molar-refractivity contribution in [2.45, 2.75) is 235 Å². The van der Waals surface area contributed by atoms with Gasteiger partial charge in [0.1, 0.15) is 79.4 Å². The summed E-state index contributed by atoms with van der Waals surface area (Å²) >= 11 is 0. The van der Waals surface area contributed by atoms with E-state index in [1.54, 1.807) is 0 Å². The normalized spacial score (nSPS) is 54.6. The number of esters is 1. The number of carboxylic acids is 1. The van der Waals surface area contributed by atoms with Gasteiger partial charge in [0.15, 0.2) is 25.0 Å². The Morgan fingerprint density at radius 2 is 1.29 bits per heavy atom. The van der Waals surface area contributed by atoms with E-state index in [1.807, 2.05) is 6.92 Å². The van der Waals surface area contributed by atoms with Crippen LogP contribution in [0.3, 0.4) is 0 Å². The van der Waals surface area contributed by atoms with Gasteiger partial charge in [-0.2, -0.15) is 0 Å².